The Bertz CT molecular complexity index is 804. The number of carbonyl (C=O) groups is 2. The van der Waals surface area contributed by atoms with E-state index in [9.17, 15) is 18.0 Å². The van der Waals surface area contributed by atoms with E-state index >= 15 is 0 Å². The van der Waals surface area contributed by atoms with Crippen LogP contribution < -0.4 is 10.2 Å². The van der Waals surface area contributed by atoms with Gasteiger partial charge >= 0.3 is 0 Å². The van der Waals surface area contributed by atoms with E-state index in [2.05, 4.69) is 10.2 Å². The summed E-state index contributed by atoms with van der Waals surface area (Å²) >= 11 is 6.03. The SMILES string of the molecule is CC(=O)c1ccc(N2CCN(CC(=O)N[C@H]3CS(=O)(=O)C[C@@H]3Cl)CC2)cc1. The highest BCUT2D eigenvalue weighted by molar-refractivity contribution is 7.91. The number of benzene rings is 1. The van der Waals surface area contributed by atoms with Crippen LogP contribution in [0.5, 0.6) is 0 Å². The average Bonchev–Trinajstić information content (AvgIpc) is 2.87. The highest BCUT2D eigenvalue weighted by Gasteiger charge is 2.37. The number of alkyl halides is 1. The van der Waals surface area contributed by atoms with Crippen LogP contribution in [-0.4, -0.2) is 80.7 Å². The van der Waals surface area contributed by atoms with Gasteiger partial charge in [-0.25, -0.2) is 8.42 Å². The standard InChI is InChI=1S/C18H24ClN3O4S/c1-13(23)14-2-4-15(5-3-14)22-8-6-21(7-9-22)10-18(24)20-17-12-27(25,26)11-16(17)19/h2-5,16-17H,6-12H2,1H3,(H,20,24)/t16-,17-/m0/s1. The summed E-state index contributed by atoms with van der Waals surface area (Å²) in [4.78, 5) is 27.8. The zero-order valence-electron chi connectivity index (χ0n) is 15.2. The van der Waals surface area contributed by atoms with Crippen LogP contribution in [0, 0.1) is 0 Å². The molecule has 0 aliphatic carbocycles. The Morgan fingerprint density at radius 2 is 1.74 bits per heavy atom. The van der Waals surface area contributed by atoms with Crippen LogP contribution in [0.4, 0.5) is 5.69 Å². The van der Waals surface area contributed by atoms with Crippen LogP contribution >= 0.6 is 11.6 Å². The summed E-state index contributed by atoms with van der Waals surface area (Å²) in [5.41, 5.74) is 1.76. The van der Waals surface area contributed by atoms with E-state index in [-0.39, 0.29) is 29.7 Å². The molecular formula is C18H24ClN3O4S. The minimum atomic E-state index is -3.16. The summed E-state index contributed by atoms with van der Waals surface area (Å²) in [5.74, 6) is -0.314. The molecule has 27 heavy (non-hydrogen) atoms. The first kappa shape index (κ1) is 20.1. The van der Waals surface area contributed by atoms with Gasteiger partial charge < -0.3 is 10.2 Å². The molecule has 3 rings (SSSR count). The molecule has 2 atom stereocenters. The number of anilines is 1. The maximum absolute atomic E-state index is 12.2. The lowest BCUT2D eigenvalue weighted by molar-refractivity contribution is -0.122. The predicted octanol–water partition coefficient (Wildman–Crippen LogP) is 0.532. The molecule has 2 aliphatic heterocycles. The third-order valence-corrected chi connectivity index (χ3v) is 7.38. The maximum Gasteiger partial charge on any atom is 0.234 e. The number of amides is 1. The average molecular weight is 414 g/mol. The van der Waals surface area contributed by atoms with Crippen LogP contribution in [0.1, 0.15) is 17.3 Å². The fraction of sp³-hybridized carbons (Fsp3) is 0.556. The maximum atomic E-state index is 12.2. The van der Waals surface area contributed by atoms with Gasteiger partial charge in [0.15, 0.2) is 15.6 Å². The second-order valence-electron chi connectivity index (χ2n) is 7.13. The first-order valence-electron chi connectivity index (χ1n) is 8.96. The number of piperazine rings is 1. The van der Waals surface area contributed by atoms with Gasteiger partial charge in [0, 0.05) is 37.4 Å². The second kappa shape index (κ2) is 8.16. The lowest BCUT2D eigenvalue weighted by Crippen LogP contribution is -2.51. The van der Waals surface area contributed by atoms with E-state index in [1.807, 2.05) is 29.2 Å². The molecule has 1 N–H and O–H groups in total. The van der Waals surface area contributed by atoms with Crippen molar-refractivity contribution in [1.82, 2.24) is 10.2 Å². The van der Waals surface area contributed by atoms with Crippen LogP contribution in [0.3, 0.4) is 0 Å². The molecule has 0 saturated carbocycles. The normalized spacial score (nSPS) is 25.3. The highest BCUT2D eigenvalue weighted by atomic mass is 35.5. The number of halogens is 1. The van der Waals surface area contributed by atoms with Crippen LogP contribution in [0.25, 0.3) is 0 Å². The van der Waals surface area contributed by atoms with Gasteiger partial charge in [-0.1, -0.05) is 0 Å². The Balaban J connectivity index is 1.46. The first-order valence-corrected chi connectivity index (χ1v) is 11.2. The van der Waals surface area contributed by atoms with Gasteiger partial charge in [0.05, 0.1) is 29.5 Å². The number of nitrogens with zero attached hydrogens (tertiary/aromatic N) is 2. The number of carbonyl (C=O) groups excluding carboxylic acids is 2. The molecule has 0 aromatic heterocycles. The van der Waals surface area contributed by atoms with E-state index in [1.54, 1.807) is 6.92 Å². The fourth-order valence-electron chi connectivity index (χ4n) is 3.46. The summed E-state index contributed by atoms with van der Waals surface area (Å²) in [7, 11) is -3.16. The summed E-state index contributed by atoms with van der Waals surface area (Å²) in [5, 5.41) is 2.19. The predicted molar refractivity (Wildman–Crippen MR) is 105 cm³/mol. The van der Waals surface area contributed by atoms with Crippen molar-refractivity contribution in [1.29, 1.82) is 0 Å². The van der Waals surface area contributed by atoms with Crippen LogP contribution in [0.2, 0.25) is 0 Å². The van der Waals surface area contributed by atoms with E-state index in [0.717, 1.165) is 31.9 Å². The van der Waals surface area contributed by atoms with Crippen molar-refractivity contribution in [3.05, 3.63) is 29.8 Å². The molecule has 0 bridgehead atoms. The van der Waals surface area contributed by atoms with Crippen LogP contribution in [-0.2, 0) is 14.6 Å². The van der Waals surface area contributed by atoms with Gasteiger partial charge in [-0.2, -0.15) is 0 Å². The van der Waals surface area contributed by atoms with Gasteiger partial charge in [0.25, 0.3) is 0 Å². The fourth-order valence-corrected chi connectivity index (χ4v) is 6.01. The molecule has 7 nitrogen and oxygen atoms in total. The third kappa shape index (κ3) is 5.21. The number of ketones is 1. The number of Topliss-reactive ketones (excluding diaryl/α,β-unsaturated/α-hetero) is 1. The number of nitrogens with one attached hydrogen (secondary N) is 1. The molecule has 0 radical (unpaired) electrons. The molecule has 2 heterocycles. The molecule has 1 amide bonds. The summed E-state index contributed by atoms with van der Waals surface area (Å²) < 4.78 is 23.2. The molecule has 1 aromatic carbocycles. The van der Waals surface area contributed by atoms with Crippen LogP contribution in [0.15, 0.2) is 24.3 Å². The van der Waals surface area contributed by atoms with Crippen molar-refractivity contribution in [3.8, 4) is 0 Å². The number of hydrogen-bond donors (Lipinski definition) is 1. The number of hydrogen-bond acceptors (Lipinski definition) is 6. The number of sulfone groups is 1. The molecule has 148 valence electrons. The van der Waals surface area contributed by atoms with Gasteiger partial charge in [0.1, 0.15) is 0 Å². The Morgan fingerprint density at radius 3 is 2.26 bits per heavy atom. The van der Waals surface area contributed by atoms with E-state index in [4.69, 9.17) is 11.6 Å². The van der Waals surface area contributed by atoms with Gasteiger partial charge in [0.2, 0.25) is 5.91 Å². The monoisotopic (exact) mass is 413 g/mol. The van der Waals surface area contributed by atoms with E-state index in [0.29, 0.717) is 5.56 Å². The number of rotatable bonds is 5. The molecule has 1 aromatic rings. The second-order valence-corrected chi connectivity index (χ2v) is 9.85. The Morgan fingerprint density at radius 1 is 1.11 bits per heavy atom. The smallest absolute Gasteiger partial charge is 0.234 e. The molecule has 0 spiro atoms. The Hall–Kier alpha value is -1.64. The minimum Gasteiger partial charge on any atom is -0.369 e. The molecule has 2 aliphatic rings. The molecule has 9 heteroatoms. The third-order valence-electron chi connectivity index (χ3n) is 5.01. The molecular weight excluding hydrogens is 390 g/mol. The van der Waals surface area contributed by atoms with Crippen molar-refractivity contribution in [2.24, 2.45) is 0 Å². The lowest BCUT2D eigenvalue weighted by Gasteiger charge is -2.36. The quantitative estimate of drug-likeness (QED) is 0.559. The molecule has 0 unspecified atom stereocenters. The van der Waals surface area contributed by atoms with Crippen molar-refractivity contribution in [3.63, 3.8) is 0 Å². The topological polar surface area (TPSA) is 86.8 Å². The van der Waals surface area contributed by atoms with Crippen molar-refractivity contribution >= 4 is 38.8 Å². The summed E-state index contributed by atoms with van der Waals surface area (Å²) in [6.45, 7) is 4.80. The van der Waals surface area contributed by atoms with Crippen molar-refractivity contribution in [2.75, 3.05) is 49.1 Å². The van der Waals surface area contributed by atoms with Gasteiger partial charge in [-0.05, 0) is 31.2 Å². The van der Waals surface area contributed by atoms with Gasteiger partial charge in [-0.15, -0.1) is 11.6 Å². The Kier molecular flexibility index (Phi) is 6.08. The van der Waals surface area contributed by atoms with E-state index in [1.165, 1.54) is 0 Å². The Labute approximate surface area is 164 Å². The van der Waals surface area contributed by atoms with Gasteiger partial charge in [-0.3, -0.25) is 14.5 Å². The summed E-state index contributed by atoms with van der Waals surface area (Å²) in [6, 6.07) is 7.04. The zero-order chi connectivity index (χ0) is 19.6. The lowest BCUT2D eigenvalue weighted by atomic mass is 10.1. The first-order chi connectivity index (χ1) is 12.7. The minimum absolute atomic E-state index is 0.0478. The largest absolute Gasteiger partial charge is 0.369 e. The zero-order valence-corrected chi connectivity index (χ0v) is 16.8. The van der Waals surface area contributed by atoms with Crippen molar-refractivity contribution in [2.45, 2.75) is 18.3 Å². The van der Waals surface area contributed by atoms with E-state index < -0.39 is 21.3 Å². The molecule has 2 saturated heterocycles. The highest BCUT2D eigenvalue weighted by Crippen LogP contribution is 2.19. The van der Waals surface area contributed by atoms with Crippen molar-refractivity contribution < 1.29 is 18.0 Å². The molecule has 2 fully saturated rings. The summed E-state index contributed by atoms with van der Waals surface area (Å²) in [6.07, 6.45) is 0.